The Hall–Kier alpha value is -0.890. The Morgan fingerprint density at radius 3 is 1.09 bits per heavy atom. The molecule has 4 atom stereocenters. The highest BCUT2D eigenvalue weighted by atomic mass is 16.7. The molecule has 7 heteroatoms. The molecule has 0 radical (unpaired) electrons. The van der Waals surface area contributed by atoms with Gasteiger partial charge < -0.3 is 29.6 Å². The lowest BCUT2D eigenvalue weighted by Crippen LogP contribution is -2.46. The molecule has 264 valence electrons. The minimum atomic E-state index is -0.163. The van der Waals surface area contributed by atoms with E-state index in [1.807, 2.05) is 27.7 Å². The van der Waals surface area contributed by atoms with Gasteiger partial charge in [-0.3, -0.25) is 0 Å². The van der Waals surface area contributed by atoms with Crippen molar-refractivity contribution in [2.75, 3.05) is 26.4 Å². The number of hydrogen-bond acceptors (Lipinski definition) is 5. The monoisotopic (exact) mass is 629 g/mol. The number of carbonyl (C=O) groups is 1. The molecule has 0 heterocycles. The maximum atomic E-state index is 13.2. The SMILES string of the molecule is CCCCCCCC(CCC(CC)NC(=O)NC(CC)CCC(CCCCCCC)C(OCC)OCC)C(OCC)OCC. The van der Waals surface area contributed by atoms with Gasteiger partial charge in [0.25, 0.3) is 0 Å². The third kappa shape index (κ3) is 21.8. The zero-order valence-electron chi connectivity index (χ0n) is 30.6. The van der Waals surface area contributed by atoms with E-state index in [1.165, 1.54) is 64.2 Å². The Balaban J connectivity index is 5.09. The van der Waals surface area contributed by atoms with Gasteiger partial charge in [0.2, 0.25) is 0 Å². The van der Waals surface area contributed by atoms with Crippen LogP contribution < -0.4 is 10.6 Å². The molecular formula is C37H76N2O5. The van der Waals surface area contributed by atoms with Gasteiger partial charge in [-0.1, -0.05) is 91.9 Å². The lowest BCUT2D eigenvalue weighted by Gasteiger charge is -2.29. The van der Waals surface area contributed by atoms with Crippen LogP contribution in [0.3, 0.4) is 0 Å². The van der Waals surface area contributed by atoms with Gasteiger partial charge in [0.1, 0.15) is 0 Å². The van der Waals surface area contributed by atoms with Crippen molar-refractivity contribution in [2.24, 2.45) is 11.8 Å². The molecule has 0 aliphatic carbocycles. The van der Waals surface area contributed by atoms with E-state index in [4.69, 9.17) is 18.9 Å². The molecule has 0 saturated carbocycles. The Morgan fingerprint density at radius 1 is 0.455 bits per heavy atom. The molecule has 0 bridgehead atoms. The van der Waals surface area contributed by atoms with E-state index in [0.29, 0.717) is 38.3 Å². The van der Waals surface area contributed by atoms with Gasteiger partial charge in [-0.25, -0.2) is 4.79 Å². The van der Waals surface area contributed by atoms with E-state index in [-0.39, 0.29) is 30.7 Å². The van der Waals surface area contributed by atoms with Crippen molar-refractivity contribution in [3.63, 3.8) is 0 Å². The maximum Gasteiger partial charge on any atom is 0.315 e. The maximum absolute atomic E-state index is 13.2. The number of amides is 2. The van der Waals surface area contributed by atoms with E-state index in [1.54, 1.807) is 0 Å². The molecule has 0 saturated heterocycles. The Kier molecular flexibility index (Phi) is 30.1. The minimum Gasteiger partial charge on any atom is -0.353 e. The lowest BCUT2D eigenvalue weighted by atomic mass is 9.92. The number of ether oxygens (including phenoxy) is 4. The number of carbonyl (C=O) groups excluding carboxylic acids is 1. The van der Waals surface area contributed by atoms with Gasteiger partial charge >= 0.3 is 6.03 Å². The molecule has 0 aromatic heterocycles. The van der Waals surface area contributed by atoms with Crippen LogP contribution in [0, 0.1) is 11.8 Å². The van der Waals surface area contributed by atoms with Gasteiger partial charge in [-0.05, 0) is 79.1 Å². The zero-order valence-corrected chi connectivity index (χ0v) is 30.6. The summed E-state index contributed by atoms with van der Waals surface area (Å²) in [4.78, 5) is 13.2. The predicted molar refractivity (Wildman–Crippen MR) is 186 cm³/mol. The van der Waals surface area contributed by atoms with Crippen LogP contribution in [-0.2, 0) is 18.9 Å². The quantitative estimate of drug-likeness (QED) is 0.0572. The highest BCUT2D eigenvalue weighted by molar-refractivity contribution is 5.74. The molecule has 0 rings (SSSR count). The summed E-state index contributed by atoms with van der Waals surface area (Å²) >= 11 is 0. The summed E-state index contributed by atoms with van der Waals surface area (Å²) in [5.41, 5.74) is 0. The molecular weight excluding hydrogens is 552 g/mol. The van der Waals surface area contributed by atoms with Crippen LogP contribution in [0.5, 0.6) is 0 Å². The predicted octanol–water partition coefficient (Wildman–Crippen LogP) is 10.2. The molecule has 4 unspecified atom stereocenters. The third-order valence-corrected chi connectivity index (χ3v) is 8.88. The fourth-order valence-electron chi connectivity index (χ4n) is 6.15. The van der Waals surface area contributed by atoms with Crippen LogP contribution in [0.15, 0.2) is 0 Å². The molecule has 0 aliphatic heterocycles. The molecule has 2 N–H and O–H groups in total. The second-order valence-corrected chi connectivity index (χ2v) is 12.5. The van der Waals surface area contributed by atoms with Crippen LogP contribution >= 0.6 is 0 Å². The Bertz CT molecular complexity index is 561. The summed E-state index contributed by atoms with van der Waals surface area (Å²) in [6.07, 6.45) is 20.2. The fraction of sp³-hybridized carbons (Fsp3) is 0.973. The van der Waals surface area contributed by atoms with Crippen molar-refractivity contribution in [3.05, 3.63) is 0 Å². The zero-order chi connectivity index (χ0) is 32.8. The van der Waals surface area contributed by atoms with Crippen molar-refractivity contribution >= 4 is 6.03 Å². The summed E-state index contributed by atoms with van der Waals surface area (Å²) in [5, 5.41) is 6.60. The van der Waals surface area contributed by atoms with Crippen LogP contribution in [0.2, 0.25) is 0 Å². The van der Waals surface area contributed by atoms with Crippen molar-refractivity contribution in [3.8, 4) is 0 Å². The average Bonchev–Trinajstić information content (AvgIpc) is 3.02. The van der Waals surface area contributed by atoms with Crippen molar-refractivity contribution in [1.29, 1.82) is 0 Å². The number of hydrogen-bond donors (Lipinski definition) is 2. The fourth-order valence-corrected chi connectivity index (χ4v) is 6.15. The standard InChI is InChI=1S/C37H76N2O5/c1-9-17-19-21-23-25-31(35(41-13-5)42-14-6)27-29-33(11-3)38-37(40)39-34(12-4)30-28-32(26-24-22-20-18-10-2)36(43-15-7)44-16-8/h31-36H,9-30H2,1-8H3,(H2,38,39,40). The van der Waals surface area contributed by atoms with Crippen LogP contribution in [0.4, 0.5) is 4.79 Å². The highest BCUT2D eigenvalue weighted by Crippen LogP contribution is 2.26. The molecule has 0 aliphatic rings. The number of unbranched alkanes of at least 4 members (excludes halogenated alkanes) is 8. The van der Waals surface area contributed by atoms with Gasteiger partial charge in [-0.2, -0.15) is 0 Å². The molecule has 0 fully saturated rings. The normalized spacial score (nSPS) is 14.6. The smallest absolute Gasteiger partial charge is 0.315 e. The van der Waals surface area contributed by atoms with Crippen LogP contribution in [0.1, 0.15) is 171 Å². The lowest BCUT2D eigenvalue weighted by molar-refractivity contribution is -0.170. The van der Waals surface area contributed by atoms with Gasteiger partial charge in [0, 0.05) is 50.3 Å². The summed E-state index contributed by atoms with van der Waals surface area (Å²) in [6, 6.07) is 0.221. The molecule has 7 nitrogen and oxygen atoms in total. The first-order valence-electron chi connectivity index (χ1n) is 19.0. The van der Waals surface area contributed by atoms with Crippen molar-refractivity contribution < 1.29 is 23.7 Å². The van der Waals surface area contributed by atoms with Gasteiger partial charge in [0.15, 0.2) is 12.6 Å². The highest BCUT2D eigenvalue weighted by Gasteiger charge is 2.26. The van der Waals surface area contributed by atoms with E-state index in [9.17, 15) is 4.79 Å². The van der Waals surface area contributed by atoms with E-state index < -0.39 is 0 Å². The topological polar surface area (TPSA) is 78.1 Å². The number of urea groups is 1. The van der Waals surface area contributed by atoms with E-state index in [0.717, 1.165) is 51.4 Å². The molecule has 0 spiro atoms. The number of nitrogens with one attached hydrogen (secondary N) is 2. The van der Waals surface area contributed by atoms with Gasteiger partial charge in [-0.15, -0.1) is 0 Å². The van der Waals surface area contributed by atoms with Crippen LogP contribution in [-0.4, -0.2) is 57.1 Å². The summed E-state index contributed by atoms with van der Waals surface area (Å²) in [7, 11) is 0. The second kappa shape index (κ2) is 30.7. The molecule has 2 amide bonds. The summed E-state index contributed by atoms with van der Waals surface area (Å²) in [5.74, 6) is 0.697. The Labute approximate surface area is 274 Å². The largest absolute Gasteiger partial charge is 0.353 e. The van der Waals surface area contributed by atoms with E-state index in [2.05, 4.69) is 38.3 Å². The first-order chi connectivity index (χ1) is 21.4. The van der Waals surface area contributed by atoms with Crippen molar-refractivity contribution in [1.82, 2.24) is 10.6 Å². The molecule has 0 aromatic carbocycles. The summed E-state index contributed by atoms with van der Waals surface area (Å²) < 4.78 is 24.1. The number of rotatable bonds is 32. The Morgan fingerprint density at radius 2 is 0.795 bits per heavy atom. The molecule has 0 aromatic rings. The molecule has 44 heavy (non-hydrogen) atoms. The minimum absolute atomic E-state index is 0.0479. The third-order valence-electron chi connectivity index (χ3n) is 8.88. The second-order valence-electron chi connectivity index (χ2n) is 12.5. The van der Waals surface area contributed by atoms with E-state index >= 15 is 0 Å². The van der Waals surface area contributed by atoms with Crippen molar-refractivity contribution in [2.45, 2.75) is 196 Å². The average molecular weight is 629 g/mol. The van der Waals surface area contributed by atoms with Crippen LogP contribution in [0.25, 0.3) is 0 Å². The van der Waals surface area contributed by atoms with Gasteiger partial charge in [0.05, 0.1) is 0 Å². The summed E-state index contributed by atoms with van der Waals surface area (Å²) in [6.45, 7) is 19.6. The first-order valence-corrected chi connectivity index (χ1v) is 19.0. The first kappa shape index (κ1) is 43.1.